The quantitative estimate of drug-likeness (QED) is 0.593. The molecule has 23 heavy (non-hydrogen) atoms. The van der Waals surface area contributed by atoms with Gasteiger partial charge in [0.25, 0.3) is 0 Å². The molecule has 0 aliphatic carbocycles. The number of fused-ring (bicyclic) bond motifs is 1. The Balaban J connectivity index is 1.61. The summed E-state index contributed by atoms with van der Waals surface area (Å²) in [5, 5.41) is 10.5. The number of carbonyl (C=O) groups excluding carboxylic acids is 1. The average Bonchev–Trinajstić information content (AvgIpc) is 2.99. The van der Waals surface area contributed by atoms with Crippen molar-refractivity contribution in [1.82, 2.24) is 15.4 Å². The Kier molecular flexibility index (Phi) is 4.19. The summed E-state index contributed by atoms with van der Waals surface area (Å²) in [4.78, 5) is 11.8. The second kappa shape index (κ2) is 6.44. The largest absolute Gasteiger partial charge is 0.458 e. The first-order valence-corrected chi connectivity index (χ1v) is 7.33. The van der Waals surface area contributed by atoms with Gasteiger partial charge in [-0.25, -0.2) is 4.79 Å². The fourth-order valence-electron chi connectivity index (χ4n) is 2.35. The lowest BCUT2D eigenvalue weighted by Crippen LogP contribution is -2.00. The number of aromatic amines is 1. The molecule has 0 unspecified atom stereocenters. The van der Waals surface area contributed by atoms with Gasteiger partial charge in [0.2, 0.25) is 0 Å². The van der Waals surface area contributed by atoms with Gasteiger partial charge in [0.1, 0.15) is 17.6 Å². The van der Waals surface area contributed by atoms with E-state index in [2.05, 4.69) is 21.5 Å². The lowest BCUT2D eigenvalue weighted by atomic mass is 10.1. The standard InChI is InChI=1S/C18H17N3O2/c1-12-3-5-15(13(2)9-12)6-8-18(22)23-11-14-4-7-16-17(10-14)20-21-19-16/h3-10H,11H2,1-2H3,(H,19,20,21)/b8-6+. The van der Waals surface area contributed by atoms with Crippen molar-refractivity contribution in [2.45, 2.75) is 20.5 Å². The Morgan fingerprint density at radius 1 is 1.13 bits per heavy atom. The first-order valence-electron chi connectivity index (χ1n) is 7.33. The van der Waals surface area contributed by atoms with Gasteiger partial charge in [-0.2, -0.15) is 15.4 Å². The van der Waals surface area contributed by atoms with Crippen LogP contribution in [0.15, 0.2) is 42.5 Å². The molecule has 0 saturated heterocycles. The van der Waals surface area contributed by atoms with Crippen molar-refractivity contribution in [3.63, 3.8) is 0 Å². The number of H-pyrrole nitrogens is 1. The van der Waals surface area contributed by atoms with E-state index < -0.39 is 0 Å². The number of esters is 1. The summed E-state index contributed by atoms with van der Waals surface area (Å²) < 4.78 is 5.25. The molecule has 5 nitrogen and oxygen atoms in total. The normalized spacial score (nSPS) is 11.2. The van der Waals surface area contributed by atoms with E-state index in [0.717, 1.165) is 27.7 Å². The lowest BCUT2D eigenvalue weighted by Gasteiger charge is -2.03. The molecule has 0 radical (unpaired) electrons. The number of nitrogens with one attached hydrogen (secondary N) is 1. The van der Waals surface area contributed by atoms with Crippen LogP contribution in [0, 0.1) is 13.8 Å². The van der Waals surface area contributed by atoms with Crippen LogP contribution in [0.1, 0.15) is 22.3 Å². The van der Waals surface area contributed by atoms with Crippen LogP contribution in [-0.4, -0.2) is 21.4 Å². The van der Waals surface area contributed by atoms with Crippen LogP contribution in [0.25, 0.3) is 17.1 Å². The molecular weight excluding hydrogens is 290 g/mol. The second-order valence-corrected chi connectivity index (χ2v) is 5.45. The lowest BCUT2D eigenvalue weighted by molar-refractivity contribution is -0.138. The first kappa shape index (κ1) is 15.0. The Bertz CT molecular complexity index is 881. The highest BCUT2D eigenvalue weighted by Gasteiger charge is 2.03. The zero-order chi connectivity index (χ0) is 16.2. The summed E-state index contributed by atoms with van der Waals surface area (Å²) in [7, 11) is 0. The number of rotatable bonds is 4. The highest BCUT2D eigenvalue weighted by Crippen LogP contribution is 2.13. The number of ether oxygens (including phenoxy) is 1. The third-order valence-electron chi connectivity index (χ3n) is 3.59. The molecule has 1 heterocycles. The Labute approximate surface area is 134 Å². The summed E-state index contributed by atoms with van der Waals surface area (Å²) in [6.45, 7) is 4.27. The van der Waals surface area contributed by atoms with Crippen LogP contribution >= 0.6 is 0 Å². The monoisotopic (exact) mass is 307 g/mol. The fraction of sp³-hybridized carbons (Fsp3) is 0.167. The fourth-order valence-corrected chi connectivity index (χ4v) is 2.35. The predicted molar refractivity (Wildman–Crippen MR) is 88.6 cm³/mol. The van der Waals surface area contributed by atoms with Gasteiger partial charge in [0, 0.05) is 6.08 Å². The van der Waals surface area contributed by atoms with E-state index in [0.29, 0.717) is 0 Å². The molecule has 0 atom stereocenters. The van der Waals surface area contributed by atoms with Gasteiger partial charge in [-0.1, -0.05) is 29.8 Å². The third kappa shape index (κ3) is 3.63. The molecule has 0 aliphatic rings. The number of nitrogens with zero attached hydrogens (tertiary/aromatic N) is 2. The summed E-state index contributed by atoms with van der Waals surface area (Å²) in [6, 6.07) is 11.6. The molecule has 2 aromatic carbocycles. The molecule has 0 bridgehead atoms. The number of aryl methyl sites for hydroxylation is 2. The molecule has 1 N–H and O–H groups in total. The minimum absolute atomic E-state index is 0.207. The predicted octanol–water partition coefficient (Wildman–Crippen LogP) is 3.33. The van der Waals surface area contributed by atoms with Gasteiger partial charge < -0.3 is 4.74 Å². The Morgan fingerprint density at radius 2 is 1.96 bits per heavy atom. The molecule has 5 heteroatoms. The molecule has 0 spiro atoms. The molecule has 0 amide bonds. The van der Waals surface area contributed by atoms with Crippen LogP contribution in [-0.2, 0) is 16.1 Å². The molecule has 3 rings (SSSR count). The summed E-state index contributed by atoms with van der Waals surface area (Å²) >= 11 is 0. The minimum Gasteiger partial charge on any atom is -0.458 e. The highest BCUT2D eigenvalue weighted by molar-refractivity contribution is 5.87. The zero-order valence-corrected chi connectivity index (χ0v) is 13.0. The maximum absolute atomic E-state index is 11.8. The molecule has 3 aromatic rings. The molecule has 0 fully saturated rings. The minimum atomic E-state index is -0.370. The van der Waals surface area contributed by atoms with Crippen LogP contribution in [0.5, 0.6) is 0 Å². The summed E-state index contributed by atoms with van der Waals surface area (Å²) in [6.07, 6.45) is 3.23. The molecule has 0 saturated carbocycles. The number of benzene rings is 2. The van der Waals surface area contributed by atoms with E-state index in [1.54, 1.807) is 6.08 Å². The second-order valence-electron chi connectivity index (χ2n) is 5.45. The van der Waals surface area contributed by atoms with Crippen molar-refractivity contribution in [3.8, 4) is 0 Å². The maximum atomic E-state index is 11.8. The third-order valence-corrected chi connectivity index (χ3v) is 3.59. The summed E-state index contributed by atoms with van der Waals surface area (Å²) in [5.74, 6) is -0.370. The maximum Gasteiger partial charge on any atom is 0.331 e. The zero-order valence-electron chi connectivity index (χ0n) is 13.0. The smallest absolute Gasteiger partial charge is 0.331 e. The van der Waals surface area contributed by atoms with Crippen molar-refractivity contribution < 1.29 is 9.53 Å². The van der Waals surface area contributed by atoms with Crippen LogP contribution < -0.4 is 0 Å². The van der Waals surface area contributed by atoms with Crippen LogP contribution in [0.3, 0.4) is 0 Å². The van der Waals surface area contributed by atoms with Crippen molar-refractivity contribution in [3.05, 3.63) is 64.7 Å². The molecule has 116 valence electrons. The molecule has 0 aliphatic heterocycles. The van der Waals surface area contributed by atoms with E-state index >= 15 is 0 Å². The van der Waals surface area contributed by atoms with Crippen molar-refractivity contribution in [1.29, 1.82) is 0 Å². The number of carbonyl (C=O) groups is 1. The van der Waals surface area contributed by atoms with E-state index in [-0.39, 0.29) is 12.6 Å². The SMILES string of the molecule is Cc1ccc(/C=C/C(=O)OCc2ccc3n[nH]nc3c2)c(C)c1. The van der Waals surface area contributed by atoms with Gasteiger partial charge in [-0.05, 0) is 48.7 Å². The van der Waals surface area contributed by atoms with Crippen LogP contribution in [0.2, 0.25) is 0 Å². The van der Waals surface area contributed by atoms with Gasteiger partial charge >= 0.3 is 5.97 Å². The number of hydrogen-bond acceptors (Lipinski definition) is 4. The van der Waals surface area contributed by atoms with Gasteiger partial charge in [0.05, 0.1) is 0 Å². The molecular formula is C18H17N3O2. The average molecular weight is 307 g/mol. The number of hydrogen-bond donors (Lipinski definition) is 1. The Morgan fingerprint density at radius 3 is 2.78 bits per heavy atom. The van der Waals surface area contributed by atoms with E-state index in [1.807, 2.05) is 44.2 Å². The first-order chi connectivity index (χ1) is 11.1. The van der Waals surface area contributed by atoms with E-state index in [9.17, 15) is 4.79 Å². The topological polar surface area (TPSA) is 67.9 Å². The van der Waals surface area contributed by atoms with Crippen molar-refractivity contribution in [2.24, 2.45) is 0 Å². The van der Waals surface area contributed by atoms with Gasteiger partial charge in [0.15, 0.2) is 0 Å². The van der Waals surface area contributed by atoms with Crippen LogP contribution in [0.4, 0.5) is 0 Å². The summed E-state index contributed by atoms with van der Waals surface area (Å²) in [5.41, 5.74) is 5.76. The van der Waals surface area contributed by atoms with E-state index in [1.165, 1.54) is 11.6 Å². The van der Waals surface area contributed by atoms with Gasteiger partial charge in [-0.3, -0.25) is 0 Å². The van der Waals surface area contributed by atoms with Crippen molar-refractivity contribution >= 4 is 23.1 Å². The Hall–Kier alpha value is -2.95. The highest BCUT2D eigenvalue weighted by atomic mass is 16.5. The van der Waals surface area contributed by atoms with E-state index in [4.69, 9.17) is 4.74 Å². The van der Waals surface area contributed by atoms with Gasteiger partial charge in [-0.15, -0.1) is 0 Å². The number of aromatic nitrogens is 3. The van der Waals surface area contributed by atoms with Crippen molar-refractivity contribution in [2.75, 3.05) is 0 Å². The molecule has 1 aromatic heterocycles.